The lowest BCUT2D eigenvalue weighted by Crippen LogP contribution is -2.03. The van der Waals surface area contributed by atoms with Gasteiger partial charge in [0.15, 0.2) is 14.9 Å². The van der Waals surface area contributed by atoms with Gasteiger partial charge in [-0.15, -0.1) is 0 Å². The first-order valence-corrected chi connectivity index (χ1v) is 6.91. The average molecular weight is 251 g/mol. The van der Waals surface area contributed by atoms with E-state index in [0.717, 1.165) is 11.9 Å². The highest BCUT2D eigenvalue weighted by atomic mass is 32.2. The van der Waals surface area contributed by atoms with E-state index in [9.17, 15) is 8.42 Å². The summed E-state index contributed by atoms with van der Waals surface area (Å²) in [6.45, 7) is 1.65. The molecule has 0 spiro atoms. The van der Waals surface area contributed by atoms with Crippen molar-refractivity contribution in [2.45, 2.75) is 11.9 Å². The van der Waals surface area contributed by atoms with E-state index in [4.69, 9.17) is 5.73 Å². The molecule has 17 heavy (non-hydrogen) atoms. The van der Waals surface area contributed by atoms with E-state index in [2.05, 4.69) is 5.10 Å². The van der Waals surface area contributed by atoms with Crippen molar-refractivity contribution in [3.8, 4) is 5.69 Å². The van der Waals surface area contributed by atoms with Gasteiger partial charge in [0.05, 0.1) is 5.69 Å². The van der Waals surface area contributed by atoms with Crippen molar-refractivity contribution < 1.29 is 8.42 Å². The van der Waals surface area contributed by atoms with Gasteiger partial charge in [0.2, 0.25) is 0 Å². The third-order valence-corrected chi connectivity index (χ3v) is 3.57. The summed E-state index contributed by atoms with van der Waals surface area (Å²) in [6, 6.07) is 9.18. The van der Waals surface area contributed by atoms with Gasteiger partial charge in [-0.1, -0.05) is 18.2 Å². The van der Waals surface area contributed by atoms with Crippen molar-refractivity contribution in [2.24, 2.45) is 0 Å². The maximum absolute atomic E-state index is 11.5. The normalized spacial score (nSPS) is 11.6. The zero-order valence-electron chi connectivity index (χ0n) is 9.58. The number of rotatable bonds is 2. The Hall–Kier alpha value is -1.82. The largest absolute Gasteiger partial charge is 0.383 e. The van der Waals surface area contributed by atoms with Crippen molar-refractivity contribution in [3.63, 3.8) is 0 Å². The van der Waals surface area contributed by atoms with E-state index in [1.54, 1.807) is 6.92 Å². The molecule has 0 aliphatic heterocycles. The Balaban J connectivity index is 2.67. The lowest BCUT2D eigenvalue weighted by atomic mass is 10.3. The van der Waals surface area contributed by atoms with Crippen LogP contribution in [0.25, 0.3) is 5.69 Å². The Labute approximate surface area is 99.8 Å². The molecule has 0 aliphatic rings. The van der Waals surface area contributed by atoms with Crippen LogP contribution in [0.3, 0.4) is 0 Å². The summed E-state index contributed by atoms with van der Waals surface area (Å²) in [4.78, 5) is 0. The van der Waals surface area contributed by atoms with Gasteiger partial charge in [0.25, 0.3) is 0 Å². The molecule has 0 saturated heterocycles. The van der Waals surface area contributed by atoms with Crippen LogP contribution in [0.5, 0.6) is 0 Å². The molecular formula is C11H13N3O2S. The molecule has 2 aromatic rings. The van der Waals surface area contributed by atoms with E-state index in [-0.39, 0.29) is 5.03 Å². The molecule has 0 fully saturated rings. The maximum atomic E-state index is 11.5. The van der Waals surface area contributed by atoms with Crippen molar-refractivity contribution in [1.29, 1.82) is 0 Å². The molecule has 5 nitrogen and oxygen atoms in total. The van der Waals surface area contributed by atoms with Gasteiger partial charge in [-0.2, -0.15) is 5.10 Å². The minimum Gasteiger partial charge on any atom is -0.383 e. The van der Waals surface area contributed by atoms with Gasteiger partial charge in [-0.25, -0.2) is 13.1 Å². The standard InChI is InChI=1S/C11H13N3O2S/c1-8-10(12)14(9-6-4-3-5-7-9)13-11(8)17(2,15)16/h3-7H,12H2,1-2H3. The number of nitrogen functional groups attached to an aromatic ring is 1. The number of hydrogen-bond acceptors (Lipinski definition) is 4. The highest BCUT2D eigenvalue weighted by molar-refractivity contribution is 7.90. The summed E-state index contributed by atoms with van der Waals surface area (Å²) in [5, 5.41) is 4.08. The Kier molecular flexibility index (Phi) is 2.66. The van der Waals surface area contributed by atoms with Crippen molar-refractivity contribution in [2.75, 3.05) is 12.0 Å². The summed E-state index contributed by atoms with van der Waals surface area (Å²) in [6.07, 6.45) is 1.12. The first kappa shape index (κ1) is 11.7. The highest BCUT2D eigenvalue weighted by Gasteiger charge is 2.20. The molecule has 0 saturated carbocycles. The number of hydrogen-bond donors (Lipinski definition) is 1. The molecule has 0 atom stereocenters. The summed E-state index contributed by atoms with van der Waals surface area (Å²) in [7, 11) is -3.36. The number of aromatic nitrogens is 2. The molecule has 2 rings (SSSR count). The fraction of sp³-hybridized carbons (Fsp3) is 0.182. The fourth-order valence-electron chi connectivity index (χ4n) is 1.61. The molecular weight excluding hydrogens is 238 g/mol. The molecule has 1 aromatic heterocycles. The summed E-state index contributed by atoms with van der Waals surface area (Å²) < 4.78 is 24.5. The number of nitrogens with zero attached hydrogens (tertiary/aromatic N) is 2. The van der Waals surface area contributed by atoms with E-state index >= 15 is 0 Å². The SMILES string of the molecule is Cc1c(S(C)(=O)=O)nn(-c2ccccc2)c1N. The molecule has 90 valence electrons. The lowest BCUT2D eigenvalue weighted by Gasteiger charge is -2.02. The predicted molar refractivity (Wildman–Crippen MR) is 65.8 cm³/mol. The second-order valence-electron chi connectivity index (χ2n) is 3.83. The number of anilines is 1. The molecule has 0 amide bonds. The topological polar surface area (TPSA) is 78.0 Å². The monoisotopic (exact) mass is 251 g/mol. The molecule has 6 heteroatoms. The van der Waals surface area contributed by atoms with Gasteiger partial charge in [0, 0.05) is 11.8 Å². The molecule has 0 radical (unpaired) electrons. The minimum absolute atomic E-state index is 0.0267. The highest BCUT2D eigenvalue weighted by Crippen LogP contribution is 2.23. The third kappa shape index (κ3) is 2.03. The fourth-order valence-corrected chi connectivity index (χ4v) is 2.50. The quantitative estimate of drug-likeness (QED) is 0.869. The summed E-state index contributed by atoms with van der Waals surface area (Å²) >= 11 is 0. The molecule has 0 aliphatic carbocycles. The molecule has 1 aromatic carbocycles. The lowest BCUT2D eigenvalue weighted by molar-refractivity contribution is 0.595. The van der Waals surface area contributed by atoms with Gasteiger partial charge < -0.3 is 5.73 Å². The van der Waals surface area contributed by atoms with Crippen molar-refractivity contribution in [1.82, 2.24) is 9.78 Å². The van der Waals surface area contributed by atoms with E-state index in [1.165, 1.54) is 4.68 Å². The van der Waals surface area contributed by atoms with Crippen molar-refractivity contribution in [3.05, 3.63) is 35.9 Å². The maximum Gasteiger partial charge on any atom is 0.194 e. The van der Waals surface area contributed by atoms with E-state index < -0.39 is 9.84 Å². The van der Waals surface area contributed by atoms with Gasteiger partial charge in [-0.05, 0) is 19.1 Å². The number of para-hydroxylation sites is 1. The number of benzene rings is 1. The van der Waals surface area contributed by atoms with Crippen LogP contribution in [0.4, 0.5) is 5.82 Å². The minimum atomic E-state index is -3.36. The molecule has 2 N–H and O–H groups in total. The zero-order chi connectivity index (χ0) is 12.6. The van der Waals surface area contributed by atoms with Gasteiger partial charge >= 0.3 is 0 Å². The van der Waals surface area contributed by atoms with Crippen molar-refractivity contribution >= 4 is 15.7 Å². The van der Waals surface area contributed by atoms with Crippen LogP contribution in [0.1, 0.15) is 5.56 Å². The molecule has 1 heterocycles. The Bertz CT molecular complexity index is 645. The predicted octanol–water partition coefficient (Wildman–Crippen LogP) is 1.17. The van der Waals surface area contributed by atoms with Crippen LogP contribution in [-0.2, 0) is 9.84 Å². The van der Waals surface area contributed by atoms with E-state index in [1.807, 2.05) is 30.3 Å². The van der Waals surface area contributed by atoms with Gasteiger partial charge in [0.1, 0.15) is 5.82 Å². The summed E-state index contributed by atoms with van der Waals surface area (Å²) in [5.41, 5.74) is 7.09. The first-order valence-electron chi connectivity index (χ1n) is 5.02. The number of nitrogens with two attached hydrogens (primary N) is 1. The Morgan fingerprint density at radius 1 is 1.24 bits per heavy atom. The van der Waals surface area contributed by atoms with Crippen LogP contribution >= 0.6 is 0 Å². The Morgan fingerprint density at radius 3 is 2.29 bits per heavy atom. The number of sulfone groups is 1. The van der Waals surface area contributed by atoms with Crippen LogP contribution in [0, 0.1) is 6.92 Å². The average Bonchev–Trinajstić information content (AvgIpc) is 2.57. The first-order chi connectivity index (χ1) is 7.91. The molecule has 0 unspecified atom stereocenters. The molecule has 0 bridgehead atoms. The second kappa shape index (κ2) is 3.89. The second-order valence-corrected chi connectivity index (χ2v) is 5.77. The zero-order valence-corrected chi connectivity index (χ0v) is 10.4. The Morgan fingerprint density at radius 2 is 1.82 bits per heavy atom. The van der Waals surface area contributed by atoms with Crippen LogP contribution in [0.15, 0.2) is 35.4 Å². The van der Waals surface area contributed by atoms with Gasteiger partial charge in [-0.3, -0.25) is 0 Å². The third-order valence-electron chi connectivity index (χ3n) is 2.48. The van der Waals surface area contributed by atoms with E-state index in [0.29, 0.717) is 11.4 Å². The van der Waals surface area contributed by atoms with Crippen LogP contribution in [-0.4, -0.2) is 24.5 Å². The smallest absolute Gasteiger partial charge is 0.194 e. The van der Waals surface area contributed by atoms with Crippen LogP contribution < -0.4 is 5.73 Å². The summed E-state index contributed by atoms with van der Waals surface area (Å²) in [5.74, 6) is 0.344. The van der Waals surface area contributed by atoms with Crippen LogP contribution in [0.2, 0.25) is 0 Å².